The summed E-state index contributed by atoms with van der Waals surface area (Å²) in [6.45, 7) is 0. The first-order valence-electron chi connectivity index (χ1n) is 3.99. The molecule has 0 saturated carbocycles. The Labute approximate surface area is 87.7 Å². The van der Waals surface area contributed by atoms with Gasteiger partial charge in [0.25, 0.3) is 5.69 Å². The summed E-state index contributed by atoms with van der Waals surface area (Å²) in [5, 5.41) is 21.2. The van der Waals surface area contributed by atoms with Crippen LogP contribution in [0.25, 0.3) is 10.1 Å². The van der Waals surface area contributed by atoms with Gasteiger partial charge in [0.05, 0.1) is 15.9 Å². The summed E-state index contributed by atoms with van der Waals surface area (Å²) in [5.41, 5.74) is -0.173. The summed E-state index contributed by atoms with van der Waals surface area (Å²) in [6, 6.07) is 4.52. The van der Waals surface area contributed by atoms with Gasteiger partial charge in [-0.25, -0.2) is 4.79 Å². The Morgan fingerprint density at radius 3 is 2.80 bits per heavy atom. The standard InChI is InChI=1S/C9H5NO4S/c11-9(12)5-4-15-7-3-1-2-6(8(5)7)10(13)14/h1-4H,(H,11,12). The minimum atomic E-state index is -1.14. The molecule has 76 valence electrons. The van der Waals surface area contributed by atoms with Gasteiger partial charge in [0.2, 0.25) is 0 Å². The molecule has 1 heterocycles. The van der Waals surface area contributed by atoms with Crippen molar-refractivity contribution in [3.63, 3.8) is 0 Å². The monoisotopic (exact) mass is 223 g/mol. The van der Waals surface area contributed by atoms with Gasteiger partial charge in [0.15, 0.2) is 0 Å². The van der Waals surface area contributed by atoms with Crippen LogP contribution in [0.5, 0.6) is 0 Å². The summed E-state index contributed by atoms with van der Waals surface area (Å²) >= 11 is 1.19. The zero-order valence-corrected chi connectivity index (χ0v) is 8.15. The lowest BCUT2D eigenvalue weighted by Gasteiger charge is -1.95. The van der Waals surface area contributed by atoms with Crippen LogP contribution in [0.15, 0.2) is 23.6 Å². The highest BCUT2D eigenvalue weighted by molar-refractivity contribution is 7.17. The molecular formula is C9H5NO4S. The van der Waals surface area contributed by atoms with Crippen molar-refractivity contribution in [2.24, 2.45) is 0 Å². The number of carboxylic acid groups (broad SMARTS) is 1. The molecule has 0 saturated heterocycles. The number of aromatic carboxylic acids is 1. The molecule has 0 bridgehead atoms. The van der Waals surface area contributed by atoms with Gasteiger partial charge in [0.1, 0.15) is 0 Å². The Hall–Kier alpha value is -1.95. The van der Waals surface area contributed by atoms with Crippen LogP contribution in [0.4, 0.5) is 5.69 Å². The quantitative estimate of drug-likeness (QED) is 0.626. The van der Waals surface area contributed by atoms with Crippen molar-refractivity contribution in [3.8, 4) is 0 Å². The Bertz CT molecular complexity index is 560. The number of hydrogen-bond acceptors (Lipinski definition) is 4. The maximum atomic E-state index is 10.8. The van der Waals surface area contributed by atoms with Crippen molar-refractivity contribution < 1.29 is 14.8 Å². The van der Waals surface area contributed by atoms with Crippen LogP contribution < -0.4 is 0 Å². The van der Waals surface area contributed by atoms with Crippen LogP contribution in [0.1, 0.15) is 10.4 Å². The van der Waals surface area contributed by atoms with Gasteiger partial charge in [-0.3, -0.25) is 10.1 Å². The molecule has 6 heteroatoms. The average molecular weight is 223 g/mol. The van der Waals surface area contributed by atoms with E-state index in [2.05, 4.69) is 0 Å². The number of thiophene rings is 1. The van der Waals surface area contributed by atoms with E-state index in [1.807, 2.05) is 0 Å². The molecule has 0 atom stereocenters. The molecule has 0 fully saturated rings. The van der Waals surface area contributed by atoms with Gasteiger partial charge < -0.3 is 5.11 Å². The SMILES string of the molecule is O=C(O)c1csc2cccc([N+](=O)[O-])c12. The van der Waals surface area contributed by atoms with Gasteiger partial charge in [-0.05, 0) is 6.07 Å². The lowest BCUT2D eigenvalue weighted by atomic mass is 10.1. The minimum Gasteiger partial charge on any atom is -0.478 e. The molecular weight excluding hydrogens is 218 g/mol. The topological polar surface area (TPSA) is 80.4 Å². The minimum absolute atomic E-state index is 0.0118. The van der Waals surface area contributed by atoms with E-state index in [0.29, 0.717) is 4.70 Å². The molecule has 0 aliphatic rings. The highest BCUT2D eigenvalue weighted by atomic mass is 32.1. The van der Waals surface area contributed by atoms with Crippen molar-refractivity contribution in [3.05, 3.63) is 39.3 Å². The highest BCUT2D eigenvalue weighted by Gasteiger charge is 2.20. The highest BCUT2D eigenvalue weighted by Crippen LogP contribution is 2.33. The maximum absolute atomic E-state index is 10.8. The fourth-order valence-corrected chi connectivity index (χ4v) is 2.33. The van der Waals surface area contributed by atoms with Gasteiger partial charge in [-0.1, -0.05) is 6.07 Å². The van der Waals surface area contributed by atoms with Crippen LogP contribution >= 0.6 is 11.3 Å². The number of fused-ring (bicyclic) bond motifs is 1. The van der Waals surface area contributed by atoms with E-state index in [4.69, 9.17) is 5.11 Å². The number of nitro groups is 1. The number of carbonyl (C=O) groups is 1. The Kier molecular flexibility index (Phi) is 2.12. The van der Waals surface area contributed by atoms with Gasteiger partial charge in [-0.15, -0.1) is 11.3 Å². The summed E-state index contributed by atoms with van der Waals surface area (Å²) in [4.78, 5) is 21.0. The number of carboxylic acids is 1. The Morgan fingerprint density at radius 2 is 2.20 bits per heavy atom. The van der Waals surface area contributed by atoms with Crippen LogP contribution in [0.2, 0.25) is 0 Å². The van der Waals surface area contributed by atoms with Crippen molar-refractivity contribution in [2.45, 2.75) is 0 Å². The summed E-state index contributed by atoms with van der Waals surface area (Å²) in [6.07, 6.45) is 0. The van der Waals surface area contributed by atoms with Crippen LogP contribution in [-0.4, -0.2) is 16.0 Å². The maximum Gasteiger partial charge on any atom is 0.337 e. The lowest BCUT2D eigenvalue weighted by Crippen LogP contribution is -1.96. The van der Waals surface area contributed by atoms with Gasteiger partial charge >= 0.3 is 5.97 Å². The number of hydrogen-bond donors (Lipinski definition) is 1. The summed E-state index contributed by atoms with van der Waals surface area (Å²) in [5.74, 6) is -1.14. The first-order valence-corrected chi connectivity index (χ1v) is 4.87. The van der Waals surface area contributed by atoms with E-state index >= 15 is 0 Å². The molecule has 1 aromatic heterocycles. The van der Waals surface area contributed by atoms with Gasteiger partial charge in [-0.2, -0.15) is 0 Å². The predicted octanol–water partition coefficient (Wildman–Crippen LogP) is 2.51. The molecule has 0 unspecified atom stereocenters. The molecule has 0 amide bonds. The fourth-order valence-electron chi connectivity index (χ4n) is 1.38. The zero-order chi connectivity index (χ0) is 11.0. The number of nitro benzene ring substituents is 1. The van der Waals surface area contributed by atoms with E-state index in [0.717, 1.165) is 0 Å². The Balaban J connectivity index is 2.86. The first-order chi connectivity index (χ1) is 7.11. The second-order valence-corrected chi connectivity index (χ2v) is 3.77. The Morgan fingerprint density at radius 1 is 1.47 bits per heavy atom. The second-order valence-electron chi connectivity index (χ2n) is 2.86. The third-order valence-corrected chi connectivity index (χ3v) is 2.95. The lowest BCUT2D eigenvalue weighted by molar-refractivity contribution is -0.383. The summed E-state index contributed by atoms with van der Waals surface area (Å²) < 4.78 is 0.613. The zero-order valence-electron chi connectivity index (χ0n) is 7.34. The number of nitrogens with zero attached hydrogens (tertiary/aromatic N) is 1. The van der Waals surface area contributed by atoms with Crippen molar-refractivity contribution in [1.82, 2.24) is 0 Å². The molecule has 0 aliphatic heterocycles. The molecule has 15 heavy (non-hydrogen) atoms. The second kappa shape index (κ2) is 3.32. The van der Waals surface area contributed by atoms with Crippen LogP contribution in [-0.2, 0) is 0 Å². The third-order valence-electron chi connectivity index (χ3n) is 2.00. The molecule has 0 radical (unpaired) electrons. The van der Waals surface area contributed by atoms with E-state index < -0.39 is 10.9 Å². The normalized spacial score (nSPS) is 10.4. The third kappa shape index (κ3) is 1.44. The molecule has 1 aromatic carbocycles. The van der Waals surface area contributed by atoms with Crippen molar-refractivity contribution in [2.75, 3.05) is 0 Å². The van der Waals surface area contributed by atoms with Crippen LogP contribution in [0, 0.1) is 10.1 Å². The number of benzene rings is 1. The molecule has 5 nitrogen and oxygen atoms in total. The molecule has 2 rings (SSSR count). The first kappa shape index (κ1) is 9.60. The fraction of sp³-hybridized carbons (Fsp3) is 0. The largest absolute Gasteiger partial charge is 0.478 e. The molecule has 1 N–H and O–H groups in total. The smallest absolute Gasteiger partial charge is 0.337 e. The molecule has 2 aromatic rings. The van der Waals surface area contributed by atoms with E-state index in [-0.39, 0.29) is 16.6 Å². The molecule has 0 spiro atoms. The van der Waals surface area contributed by atoms with Crippen molar-refractivity contribution >= 4 is 33.1 Å². The number of non-ortho nitro benzene ring substituents is 1. The van der Waals surface area contributed by atoms with Crippen molar-refractivity contribution in [1.29, 1.82) is 0 Å². The van der Waals surface area contributed by atoms with Gasteiger partial charge in [0, 0.05) is 16.1 Å². The molecule has 0 aliphatic carbocycles. The summed E-state index contributed by atoms with van der Waals surface area (Å²) in [7, 11) is 0. The number of rotatable bonds is 2. The predicted molar refractivity (Wildman–Crippen MR) is 55.4 cm³/mol. The van der Waals surface area contributed by atoms with E-state index in [1.54, 1.807) is 12.1 Å². The average Bonchev–Trinajstić information content (AvgIpc) is 2.60. The van der Waals surface area contributed by atoms with Crippen LogP contribution in [0.3, 0.4) is 0 Å². The van der Waals surface area contributed by atoms with E-state index in [1.165, 1.54) is 22.8 Å². The van der Waals surface area contributed by atoms with E-state index in [9.17, 15) is 14.9 Å².